The number of fused-ring (bicyclic) bond motifs is 1. The SMILES string of the molecule is CCN(C/C=C/c1ccccc1)C(=O)c1cc(=O)c2ccccc2o1. The lowest BCUT2D eigenvalue weighted by atomic mass is 10.2. The molecule has 0 atom stereocenters. The molecule has 0 saturated carbocycles. The van der Waals surface area contributed by atoms with E-state index < -0.39 is 0 Å². The van der Waals surface area contributed by atoms with E-state index in [-0.39, 0.29) is 17.1 Å². The fourth-order valence-electron chi connectivity index (χ4n) is 2.60. The van der Waals surface area contributed by atoms with Crippen LogP contribution in [-0.4, -0.2) is 23.9 Å². The molecule has 1 heterocycles. The molecule has 4 heteroatoms. The van der Waals surface area contributed by atoms with Gasteiger partial charge in [0.1, 0.15) is 5.58 Å². The second-order valence-electron chi connectivity index (χ2n) is 5.63. The van der Waals surface area contributed by atoms with Crippen LogP contribution < -0.4 is 5.43 Å². The quantitative estimate of drug-likeness (QED) is 0.710. The molecule has 1 aromatic heterocycles. The number of hydrogen-bond donors (Lipinski definition) is 0. The zero-order chi connectivity index (χ0) is 17.6. The highest BCUT2D eigenvalue weighted by molar-refractivity contribution is 5.93. The van der Waals surface area contributed by atoms with Crippen molar-refractivity contribution < 1.29 is 9.21 Å². The van der Waals surface area contributed by atoms with Gasteiger partial charge in [-0.05, 0) is 24.6 Å². The largest absolute Gasteiger partial charge is 0.451 e. The van der Waals surface area contributed by atoms with Crippen molar-refractivity contribution in [1.29, 1.82) is 0 Å². The van der Waals surface area contributed by atoms with Crippen LogP contribution in [0.2, 0.25) is 0 Å². The van der Waals surface area contributed by atoms with E-state index in [4.69, 9.17) is 4.42 Å². The Balaban J connectivity index is 1.80. The maximum absolute atomic E-state index is 12.7. The zero-order valence-corrected chi connectivity index (χ0v) is 14.0. The van der Waals surface area contributed by atoms with E-state index in [2.05, 4.69) is 0 Å². The molecule has 25 heavy (non-hydrogen) atoms. The second-order valence-corrected chi connectivity index (χ2v) is 5.63. The summed E-state index contributed by atoms with van der Waals surface area (Å²) in [5, 5.41) is 0.478. The molecule has 0 radical (unpaired) electrons. The molecule has 1 amide bonds. The predicted octanol–water partition coefficient (Wildman–Crippen LogP) is 3.97. The molecule has 0 unspecified atom stereocenters. The van der Waals surface area contributed by atoms with E-state index in [1.165, 1.54) is 6.07 Å². The Hall–Kier alpha value is -3.14. The number of carbonyl (C=O) groups is 1. The maximum Gasteiger partial charge on any atom is 0.289 e. The van der Waals surface area contributed by atoms with Crippen LogP contribution in [0.4, 0.5) is 0 Å². The Labute approximate surface area is 146 Å². The number of para-hydroxylation sites is 1. The van der Waals surface area contributed by atoms with Crippen LogP contribution in [0.5, 0.6) is 0 Å². The van der Waals surface area contributed by atoms with Gasteiger partial charge in [0.2, 0.25) is 0 Å². The minimum atomic E-state index is -0.289. The van der Waals surface area contributed by atoms with Crippen molar-refractivity contribution in [1.82, 2.24) is 4.90 Å². The van der Waals surface area contributed by atoms with Crippen molar-refractivity contribution in [3.8, 4) is 0 Å². The van der Waals surface area contributed by atoms with Crippen LogP contribution in [0, 0.1) is 0 Å². The summed E-state index contributed by atoms with van der Waals surface area (Å²) in [6.07, 6.45) is 3.89. The fraction of sp³-hybridized carbons (Fsp3) is 0.143. The minimum Gasteiger partial charge on any atom is -0.451 e. The van der Waals surface area contributed by atoms with Crippen molar-refractivity contribution in [3.05, 3.63) is 88.3 Å². The Bertz CT molecular complexity index is 958. The highest BCUT2D eigenvalue weighted by Gasteiger charge is 2.17. The van der Waals surface area contributed by atoms with E-state index >= 15 is 0 Å². The lowest BCUT2D eigenvalue weighted by molar-refractivity contribution is 0.0751. The molecule has 0 fully saturated rings. The third-order valence-corrected chi connectivity index (χ3v) is 3.95. The molecule has 2 aromatic carbocycles. The lowest BCUT2D eigenvalue weighted by Crippen LogP contribution is -2.31. The first-order valence-electron chi connectivity index (χ1n) is 8.23. The molecule has 0 aliphatic heterocycles. The molecule has 4 nitrogen and oxygen atoms in total. The van der Waals surface area contributed by atoms with Crippen molar-refractivity contribution in [3.63, 3.8) is 0 Å². The van der Waals surface area contributed by atoms with Crippen LogP contribution in [0.1, 0.15) is 23.0 Å². The Morgan fingerprint density at radius 1 is 1.08 bits per heavy atom. The standard InChI is InChI=1S/C21H19NO3/c1-2-22(14-8-11-16-9-4-3-5-10-16)21(24)20-15-18(23)17-12-6-7-13-19(17)25-20/h3-13,15H,2,14H2,1H3/b11-8+. The van der Waals surface area contributed by atoms with Gasteiger partial charge in [0, 0.05) is 19.2 Å². The van der Waals surface area contributed by atoms with E-state index in [1.54, 1.807) is 29.2 Å². The second kappa shape index (κ2) is 7.62. The van der Waals surface area contributed by atoms with Gasteiger partial charge < -0.3 is 9.32 Å². The Kier molecular flexibility index (Phi) is 5.09. The first-order valence-corrected chi connectivity index (χ1v) is 8.23. The topological polar surface area (TPSA) is 50.5 Å². The first kappa shape index (κ1) is 16.7. The molecule has 0 N–H and O–H groups in total. The number of nitrogens with zero attached hydrogens (tertiary/aromatic N) is 1. The third kappa shape index (κ3) is 3.86. The third-order valence-electron chi connectivity index (χ3n) is 3.95. The van der Waals surface area contributed by atoms with E-state index in [1.807, 2.05) is 49.4 Å². The molecular formula is C21H19NO3. The van der Waals surface area contributed by atoms with E-state index in [0.717, 1.165) is 5.56 Å². The van der Waals surface area contributed by atoms with Crippen molar-refractivity contribution >= 4 is 23.0 Å². The summed E-state index contributed by atoms with van der Waals surface area (Å²) in [4.78, 5) is 26.5. The molecule has 126 valence electrons. The number of hydrogen-bond acceptors (Lipinski definition) is 3. The number of rotatable bonds is 5. The van der Waals surface area contributed by atoms with Crippen molar-refractivity contribution in [2.24, 2.45) is 0 Å². The number of amides is 1. The average molecular weight is 333 g/mol. The highest BCUT2D eigenvalue weighted by atomic mass is 16.3. The normalized spacial score (nSPS) is 11.1. The summed E-state index contributed by atoms with van der Waals surface area (Å²) in [7, 11) is 0. The molecule has 0 aliphatic carbocycles. The van der Waals surface area contributed by atoms with Crippen LogP contribution in [0.15, 0.2) is 76.0 Å². The molecular weight excluding hydrogens is 314 g/mol. The van der Waals surface area contributed by atoms with Crippen molar-refractivity contribution in [2.75, 3.05) is 13.1 Å². The van der Waals surface area contributed by atoms with Crippen LogP contribution in [-0.2, 0) is 0 Å². The van der Waals surface area contributed by atoms with Gasteiger partial charge in [0.25, 0.3) is 5.91 Å². The van der Waals surface area contributed by atoms with E-state index in [0.29, 0.717) is 24.1 Å². The average Bonchev–Trinajstić information content (AvgIpc) is 2.65. The number of likely N-dealkylation sites (N-methyl/N-ethyl adjacent to an activating group) is 1. The molecule has 0 saturated heterocycles. The smallest absolute Gasteiger partial charge is 0.289 e. The lowest BCUT2D eigenvalue weighted by Gasteiger charge is -2.18. The fourth-order valence-corrected chi connectivity index (χ4v) is 2.60. The molecule has 3 aromatic rings. The molecule has 0 bridgehead atoms. The first-order chi connectivity index (χ1) is 12.2. The molecule has 3 rings (SSSR count). The number of carbonyl (C=O) groups excluding carboxylic acids is 1. The van der Waals surface area contributed by atoms with Gasteiger partial charge in [-0.2, -0.15) is 0 Å². The van der Waals surface area contributed by atoms with Crippen LogP contribution in [0.3, 0.4) is 0 Å². The summed E-state index contributed by atoms with van der Waals surface area (Å²) in [6.45, 7) is 2.86. The van der Waals surface area contributed by atoms with Gasteiger partial charge in [-0.25, -0.2) is 0 Å². The molecule has 0 spiro atoms. The van der Waals surface area contributed by atoms with Gasteiger partial charge in [-0.3, -0.25) is 9.59 Å². The summed E-state index contributed by atoms with van der Waals surface area (Å²) < 4.78 is 5.64. The summed E-state index contributed by atoms with van der Waals surface area (Å²) in [6, 6.07) is 18.1. The monoisotopic (exact) mass is 333 g/mol. The summed E-state index contributed by atoms with van der Waals surface area (Å²) in [5.74, 6) is -0.221. The van der Waals surface area contributed by atoms with Gasteiger partial charge >= 0.3 is 0 Å². The summed E-state index contributed by atoms with van der Waals surface area (Å²) in [5.41, 5.74) is 1.29. The van der Waals surface area contributed by atoms with Gasteiger partial charge in [0.15, 0.2) is 11.2 Å². The van der Waals surface area contributed by atoms with Crippen LogP contribution in [0.25, 0.3) is 17.0 Å². The summed E-state index contributed by atoms with van der Waals surface area (Å²) >= 11 is 0. The van der Waals surface area contributed by atoms with E-state index in [9.17, 15) is 9.59 Å². The van der Waals surface area contributed by atoms with Gasteiger partial charge in [-0.15, -0.1) is 0 Å². The zero-order valence-electron chi connectivity index (χ0n) is 14.0. The highest BCUT2D eigenvalue weighted by Crippen LogP contribution is 2.13. The minimum absolute atomic E-state index is 0.0682. The van der Waals surface area contributed by atoms with Gasteiger partial charge in [0.05, 0.1) is 5.39 Å². The predicted molar refractivity (Wildman–Crippen MR) is 99.5 cm³/mol. The van der Waals surface area contributed by atoms with Gasteiger partial charge in [-0.1, -0.05) is 54.6 Å². The Morgan fingerprint density at radius 2 is 1.80 bits per heavy atom. The Morgan fingerprint density at radius 3 is 2.56 bits per heavy atom. The maximum atomic E-state index is 12.7. The van der Waals surface area contributed by atoms with Crippen LogP contribution >= 0.6 is 0 Å². The molecule has 0 aliphatic rings. The van der Waals surface area contributed by atoms with Crippen molar-refractivity contribution in [2.45, 2.75) is 6.92 Å². The number of benzene rings is 2.